The third-order valence-corrected chi connectivity index (χ3v) is 2.83. The van der Waals surface area contributed by atoms with Gasteiger partial charge in [0.15, 0.2) is 0 Å². The molecule has 0 aliphatic heterocycles. The second-order valence-electron chi connectivity index (χ2n) is 4.38. The Morgan fingerprint density at radius 3 is 1.76 bits per heavy atom. The summed E-state index contributed by atoms with van der Waals surface area (Å²) in [5.41, 5.74) is 1.42. The van der Waals surface area contributed by atoms with E-state index in [1.54, 1.807) is 4.90 Å². The SMILES string of the molecule is C=C(CN(CC(=C)C(=O)OC)c1ccccc1)C(=O)OC. The highest BCUT2D eigenvalue weighted by molar-refractivity contribution is 5.90. The monoisotopic (exact) mass is 289 g/mol. The average Bonchev–Trinajstić information content (AvgIpc) is 2.53. The van der Waals surface area contributed by atoms with E-state index in [4.69, 9.17) is 0 Å². The van der Waals surface area contributed by atoms with Gasteiger partial charge in [0.25, 0.3) is 0 Å². The molecule has 112 valence electrons. The molecule has 0 heterocycles. The number of methoxy groups -OCH3 is 2. The lowest BCUT2D eigenvalue weighted by Gasteiger charge is -2.25. The van der Waals surface area contributed by atoms with Crippen LogP contribution in [0.1, 0.15) is 0 Å². The second kappa shape index (κ2) is 7.89. The molecule has 5 heteroatoms. The Labute approximate surface area is 124 Å². The normalized spacial score (nSPS) is 9.62. The van der Waals surface area contributed by atoms with Crippen LogP contribution in [0.5, 0.6) is 0 Å². The Balaban J connectivity index is 2.91. The second-order valence-corrected chi connectivity index (χ2v) is 4.38. The van der Waals surface area contributed by atoms with E-state index in [1.807, 2.05) is 30.3 Å². The minimum absolute atomic E-state index is 0.229. The van der Waals surface area contributed by atoms with Crippen LogP contribution in [0.4, 0.5) is 5.69 Å². The van der Waals surface area contributed by atoms with Gasteiger partial charge < -0.3 is 14.4 Å². The van der Waals surface area contributed by atoms with Gasteiger partial charge in [-0.05, 0) is 12.1 Å². The van der Waals surface area contributed by atoms with Gasteiger partial charge in [-0.2, -0.15) is 0 Å². The van der Waals surface area contributed by atoms with Crippen LogP contribution in [0.3, 0.4) is 0 Å². The molecule has 1 rings (SSSR count). The number of esters is 2. The first kappa shape index (κ1) is 16.5. The van der Waals surface area contributed by atoms with Crippen LogP contribution in [0.15, 0.2) is 54.6 Å². The van der Waals surface area contributed by atoms with Crippen molar-refractivity contribution in [2.24, 2.45) is 0 Å². The molecule has 5 nitrogen and oxygen atoms in total. The van der Waals surface area contributed by atoms with Gasteiger partial charge in [-0.25, -0.2) is 9.59 Å². The van der Waals surface area contributed by atoms with E-state index < -0.39 is 11.9 Å². The van der Waals surface area contributed by atoms with Crippen LogP contribution >= 0.6 is 0 Å². The molecule has 0 bridgehead atoms. The van der Waals surface area contributed by atoms with E-state index in [-0.39, 0.29) is 13.1 Å². The zero-order valence-corrected chi connectivity index (χ0v) is 12.3. The van der Waals surface area contributed by atoms with Gasteiger partial charge in [-0.1, -0.05) is 31.4 Å². The fourth-order valence-corrected chi connectivity index (χ4v) is 1.76. The minimum atomic E-state index is -0.486. The summed E-state index contributed by atoms with van der Waals surface area (Å²) in [7, 11) is 2.60. The van der Waals surface area contributed by atoms with Gasteiger partial charge in [0.2, 0.25) is 0 Å². The van der Waals surface area contributed by atoms with Gasteiger partial charge in [0.1, 0.15) is 0 Å². The Morgan fingerprint density at radius 2 is 1.38 bits per heavy atom. The molecule has 0 N–H and O–H groups in total. The van der Waals surface area contributed by atoms with Gasteiger partial charge in [0, 0.05) is 29.9 Å². The van der Waals surface area contributed by atoms with Gasteiger partial charge in [-0.15, -0.1) is 0 Å². The van der Waals surface area contributed by atoms with Crippen molar-refractivity contribution in [2.45, 2.75) is 0 Å². The predicted octanol–water partition coefficient (Wildman–Crippen LogP) is 1.95. The van der Waals surface area contributed by atoms with Crippen molar-refractivity contribution in [1.29, 1.82) is 0 Å². The molecule has 0 radical (unpaired) electrons. The van der Waals surface area contributed by atoms with Crippen molar-refractivity contribution in [1.82, 2.24) is 0 Å². The molecule has 1 aromatic rings. The lowest BCUT2D eigenvalue weighted by atomic mass is 10.2. The molecule has 0 spiro atoms. The molecule has 0 aromatic heterocycles. The van der Waals surface area contributed by atoms with Crippen molar-refractivity contribution in [3.8, 4) is 0 Å². The first-order valence-electron chi connectivity index (χ1n) is 6.31. The van der Waals surface area contributed by atoms with Gasteiger partial charge in [-0.3, -0.25) is 0 Å². The summed E-state index contributed by atoms with van der Waals surface area (Å²) >= 11 is 0. The van der Waals surface area contributed by atoms with Crippen LogP contribution in [-0.2, 0) is 19.1 Å². The summed E-state index contributed by atoms with van der Waals surface area (Å²) < 4.78 is 9.29. The maximum Gasteiger partial charge on any atom is 0.334 e. The number of hydrogen-bond acceptors (Lipinski definition) is 5. The third-order valence-electron chi connectivity index (χ3n) is 2.83. The average molecular weight is 289 g/mol. The maximum absolute atomic E-state index is 11.5. The number of para-hydroxylation sites is 1. The molecule has 0 aliphatic rings. The number of nitrogens with zero attached hydrogens (tertiary/aromatic N) is 1. The molecular formula is C16H19NO4. The standard InChI is InChI=1S/C16H19NO4/c1-12(15(18)20-3)10-17(11-13(2)16(19)21-4)14-8-6-5-7-9-14/h5-9H,1-2,10-11H2,3-4H3. The molecule has 0 fully saturated rings. The summed E-state index contributed by atoms with van der Waals surface area (Å²) in [4.78, 5) is 24.8. The summed E-state index contributed by atoms with van der Waals surface area (Å²) in [6, 6.07) is 9.35. The quantitative estimate of drug-likeness (QED) is 0.567. The molecule has 0 unspecified atom stereocenters. The number of hydrogen-bond donors (Lipinski definition) is 0. The Hall–Kier alpha value is -2.56. The molecular weight excluding hydrogens is 270 g/mol. The summed E-state index contributed by atoms with van der Waals surface area (Å²) in [5.74, 6) is -0.973. The van der Waals surface area contributed by atoms with E-state index in [9.17, 15) is 9.59 Å². The largest absolute Gasteiger partial charge is 0.466 e. The van der Waals surface area contributed by atoms with E-state index in [0.717, 1.165) is 5.69 Å². The summed E-state index contributed by atoms with van der Waals surface area (Å²) in [6.45, 7) is 7.86. The highest BCUT2D eigenvalue weighted by Crippen LogP contribution is 2.16. The summed E-state index contributed by atoms with van der Waals surface area (Å²) in [6.07, 6.45) is 0. The molecule has 0 atom stereocenters. The number of ether oxygens (including phenoxy) is 2. The van der Waals surface area contributed by atoms with Gasteiger partial charge in [0.05, 0.1) is 14.2 Å². The van der Waals surface area contributed by atoms with Crippen molar-refractivity contribution in [3.05, 3.63) is 54.6 Å². The first-order chi connectivity index (χ1) is 9.99. The van der Waals surface area contributed by atoms with Crippen LogP contribution in [0.2, 0.25) is 0 Å². The lowest BCUT2D eigenvalue weighted by Crippen LogP contribution is -2.31. The van der Waals surface area contributed by atoms with Gasteiger partial charge >= 0.3 is 11.9 Å². The zero-order chi connectivity index (χ0) is 15.8. The number of anilines is 1. The molecule has 0 amide bonds. The molecule has 1 aromatic carbocycles. The summed E-state index contributed by atoms with van der Waals surface area (Å²) in [5, 5.41) is 0. The number of carbonyl (C=O) groups is 2. The van der Waals surface area contributed by atoms with Crippen LogP contribution in [0, 0.1) is 0 Å². The van der Waals surface area contributed by atoms with Crippen molar-refractivity contribution in [2.75, 3.05) is 32.2 Å². The maximum atomic E-state index is 11.5. The van der Waals surface area contributed by atoms with Crippen molar-refractivity contribution in [3.63, 3.8) is 0 Å². The molecule has 21 heavy (non-hydrogen) atoms. The van der Waals surface area contributed by atoms with Crippen molar-refractivity contribution >= 4 is 17.6 Å². The van der Waals surface area contributed by atoms with Crippen LogP contribution in [0.25, 0.3) is 0 Å². The number of benzene rings is 1. The predicted molar refractivity (Wildman–Crippen MR) is 81.0 cm³/mol. The third kappa shape index (κ3) is 4.80. The van der Waals surface area contributed by atoms with Crippen molar-refractivity contribution < 1.29 is 19.1 Å². The molecule has 0 saturated heterocycles. The van der Waals surface area contributed by atoms with Crippen LogP contribution < -0.4 is 4.90 Å². The lowest BCUT2D eigenvalue weighted by molar-refractivity contribution is -0.136. The smallest absolute Gasteiger partial charge is 0.334 e. The van der Waals surface area contributed by atoms with Crippen LogP contribution in [-0.4, -0.2) is 39.2 Å². The highest BCUT2D eigenvalue weighted by Gasteiger charge is 2.17. The fourth-order valence-electron chi connectivity index (χ4n) is 1.76. The molecule has 0 aliphatic carbocycles. The fraction of sp³-hybridized carbons (Fsp3) is 0.250. The topological polar surface area (TPSA) is 55.8 Å². The Morgan fingerprint density at radius 1 is 0.952 bits per heavy atom. The minimum Gasteiger partial charge on any atom is -0.466 e. The molecule has 0 saturated carbocycles. The van der Waals surface area contributed by atoms with E-state index in [0.29, 0.717) is 11.1 Å². The van der Waals surface area contributed by atoms with E-state index >= 15 is 0 Å². The Bertz CT molecular complexity index is 506. The zero-order valence-electron chi connectivity index (χ0n) is 12.3. The van der Waals surface area contributed by atoms with E-state index in [2.05, 4.69) is 22.6 Å². The first-order valence-corrected chi connectivity index (χ1v) is 6.31. The van der Waals surface area contributed by atoms with E-state index in [1.165, 1.54) is 14.2 Å². The Kier molecular flexibility index (Phi) is 6.20. The number of carbonyl (C=O) groups excluding carboxylic acids is 2. The number of rotatable bonds is 7. The highest BCUT2D eigenvalue weighted by atomic mass is 16.5.